The number of carbonyl (C=O) groups is 1. The number of aromatic nitrogens is 1. The van der Waals surface area contributed by atoms with E-state index in [0.29, 0.717) is 12.3 Å². The smallest absolute Gasteiger partial charge is 0.223 e. The fraction of sp³-hybridized carbons (Fsp3) is 0.500. The predicted molar refractivity (Wildman–Crippen MR) is 108 cm³/mol. The molecule has 0 bridgehead atoms. The highest BCUT2D eigenvalue weighted by Gasteiger charge is 2.42. The van der Waals surface area contributed by atoms with Gasteiger partial charge in [-0.2, -0.15) is 0 Å². The number of rotatable bonds is 3. The van der Waals surface area contributed by atoms with Gasteiger partial charge in [0.2, 0.25) is 5.91 Å². The van der Waals surface area contributed by atoms with Gasteiger partial charge in [-0.25, -0.2) is 0 Å². The molecule has 1 N–H and O–H groups in total. The van der Waals surface area contributed by atoms with E-state index in [1.54, 1.807) is 9.12 Å². The standard InChI is InChI=1S/C18H22IN3OS/c19-24-22-12-6-15-14(3-1-4-16(15)22)13-21-17(23)5-2-7-18(21)8-10-20-11-9-18/h1,3-4,6,12,20H,2,5,7-11,13H2. The molecule has 0 atom stereocenters. The summed E-state index contributed by atoms with van der Waals surface area (Å²) in [5.74, 6) is 0.336. The van der Waals surface area contributed by atoms with Crippen LogP contribution in [0.3, 0.4) is 0 Å². The third-order valence-electron chi connectivity index (χ3n) is 5.63. The summed E-state index contributed by atoms with van der Waals surface area (Å²) in [6.07, 6.45) is 7.18. The van der Waals surface area contributed by atoms with Gasteiger partial charge in [0.1, 0.15) is 0 Å². The lowest BCUT2D eigenvalue weighted by molar-refractivity contribution is -0.144. The van der Waals surface area contributed by atoms with Gasteiger partial charge in [-0.05, 0) is 56.5 Å². The van der Waals surface area contributed by atoms with Gasteiger partial charge in [-0.15, -0.1) is 0 Å². The fourth-order valence-corrected chi connectivity index (χ4v) is 5.72. The lowest BCUT2D eigenvalue weighted by Gasteiger charge is -2.49. The fourth-order valence-electron chi connectivity index (χ4n) is 4.35. The SMILES string of the molecule is O=C1CCCC2(CCNCC2)N1Cc1cccc2c1ccn2SI. The van der Waals surface area contributed by atoms with Gasteiger partial charge in [-0.1, -0.05) is 12.1 Å². The number of nitrogens with zero attached hydrogens (tertiary/aromatic N) is 2. The molecule has 128 valence electrons. The first-order valence-corrected chi connectivity index (χ1v) is 11.9. The zero-order valence-corrected chi connectivity index (χ0v) is 16.6. The quantitative estimate of drug-likeness (QED) is 0.708. The summed E-state index contributed by atoms with van der Waals surface area (Å²) in [4.78, 5) is 15.0. The molecule has 24 heavy (non-hydrogen) atoms. The van der Waals surface area contributed by atoms with Crippen molar-refractivity contribution in [1.82, 2.24) is 14.2 Å². The van der Waals surface area contributed by atoms with Crippen LogP contribution in [0.5, 0.6) is 0 Å². The number of fused-ring (bicyclic) bond motifs is 1. The van der Waals surface area contributed by atoms with E-state index in [1.807, 2.05) is 0 Å². The Morgan fingerprint density at radius 3 is 2.83 bits per heavy atom. The average Bonchev–Trinajstić information content (AvgIpc) is 3.03. The molecule has 0 saturated carbocycles. The molecular formula is C18H22IN3OS. The Kier molecular flexibility index (Phi) is 4.79. The first-order valence-electron chi connectivity index (χ1n) is 8.63. The van der Waals surface area contributed by atoms with E-state index in [-0.39, 0.29) is 5.54 Å². The van der Waals surface area contributed by atoms with E-state index in [9.17, 15) is 4.79 Å². The van der Waals surface area contributed by atoms with E-state index >= 15 is 0 Å². The minimum Gasteiger partial charge on any atom is -0.333 e. The molecule has 3 heterocycles. The third kappa shape index (κ3) is 2.86. The monoisotopic (exact) mass is 455 g/mol. The Hall–Kier alpha value is -0.730. The summed E-state index contributed by atoms with van der Waals surface area (Å²) >= 11 is 2.31. The topological polar surface area (TPSA) is 37.3 Å². The second kappa shape index (κ2) is 6.88. The van der Waals surface area contributed by atoms with Gasteiger partial charge in [0.15, 0.2) is 0 Å². The van der Waals surface area contributed by atoms with E-state index in [0.717, 1.165) is 45.3 Å². The van der Waals surface area contributed by atoms with Crippen molar-refractivity contribution < 1.29 is 4.79 Å². The molecule has 2 saturated heterocycles. The van der Waals surface area contributed by atoms with Crippen LogP contribution in [0.15, 0.2) is 30.5 Å². The minimum atomic E-state index is 0.0727. The maximum atomic E-state index is 12.8. The van der Waals surface area contributed by atoms with E-state index < -0.39 is 0 Å². The first-order chi connectivity index (χ1) is 11.7. The van der Waals surface area contributed by atoms with Crippen LogP contribution in [0.1, 0.15) is 37.7 Å². The normalized spacial score (nSPS) is 20.9. The number of likely N-dealkylation sites (tertiary alicyclic amines) is 1. The highest BCUT2D eigenvalue weighted by atomic mass is 127. The van der Waals surface area contributed by atoms with Gasteiger partial charge in [0, 0.05) is 60.4 Å². The number of carbonyl (C=O) groups excluding carboxylic acids is 1. The molecule has 1 amide bonds. The van der Waals surface area contributed by atoms with Gasteiger partial charge >= 0.3 is 0 Å². The Balaban J connectivity index is 1.70. The maximum Gasteiger partial charge on any atom is 0.223 e. The molecular weight excluding hydrogens is 433 g/mol. The number of benzene rings is 1. The molecule has 4 rings (SSSR count). The van der Waals surface area contributed by atoms with Crippen molar-refractivity contribution in [3.63, 3.8) is 0 Å². The van der Waals surface area contributed by atoms with Crippen molar-refractivity contribution in [3.05, 3.63) is 36.0 Å². The summed E-state index contributed by atoms with van der Waals surface area (Å²) in [6.45, 7) is 2.79. The molecule has 0 radical (unpaired) electrons. The van der Waals surface area contributed by atoms with Crippen molar-refractivity contribution in [3.8, 4) is 0 Å². The largest absolute Gasteiger partial charge is 0.333 e. The zero-order valence-electron chi connectivity index (χ0n) is 13.6. The van der Waals surface area contributed by atoms with Crippen LogP contribution in [0.4, 0.5) is 0 Å². The van der Waals surface area contributed by atoms with Crippen LogP contribution in [0.2, 0.25) is 0 Å². The second-order valence-corrected chi connectivity index (χ2v) is 8.58. The van der Waals surface area contributed by atoms with Crippen molar-refractivity contribution in [2.24, 2.45) is 0 Å². The van der Waals surface area contributed by atoms with Gasteiger partial charge < -0.3 is 10.2 Å². The lowest BCUT2D eigenvalue weighted by atomic mass is 9.78. The molecule has 2 aliphatic heterocycles. The summed E-state index contributed by atoms with van der Waals surface area (Å²) in [5.41, 5.74) is 2.57. The highest BCUT2D eigenvalue weighted by molar-refractivity contribution is 14.2. The summed E-state index contributed by atoms with van der Waals surface area (Å²) < 4.78 is 2.18. The zero-order chi connectivity index (χ0) is 16.6. The van der Waals surface area contributed by atoms with Crippen molar-refractivity contribution in [2.75, 3.05) is 13.1 Å². The number of nitrogens with one attached hydrogen (secondary N) is 1. The van der Waals surface area contributed by atoms with E-state index in [2.05, 4.69) is 65.9 Å². The van der Waals surface area contributed by atoms with Crippen LogP contribution in [0.25, 0.3) is 10.9 Å². The van der Waals surface area contributed by atoms with E-state index in [1.165, 1.54) is 16.5 Å². The molecule has 1 aromatic heterocycles. The molecule has 0 aliphatic carbocycles. The van der Waals surface area contributed by atoms with Gasteiger partial charge in [0.25, 0.3) is 0 Å². The van der Waals surface area contributed by atoms with Crippen molar-refractivity contribution in [2.45, 2.75) is 44.2 Å². The molecule has 2 aliphatic rings. The lowest BCUT2D eigenvalue weighted by Crippen LogP contribution is -2.58. The van der Waals surface area contributed by atoms with Crippen molar-refractivity contribution in [1.29, 1.82) is 0 Å². The Bertz CT molecular complexity index is 748. The van der Waals surface area contributed by atoms with E-state index in [4.69, 9.17) is 0 Å². The Labute approximate surface area is 159 Å². The molecule has 1 aromatic carbocycles. The number of amides is 1. The number of hydrogen-bond acceptors (Lipinski definition) is 3. The molecule has 4 nitrogen and oxygen atoms in total. The summed E-state index contributed by atoms with van der Waals surface area (Å²) in [5, 5.41) is 4.72. The number of hydrogen-bond donors (Lipinski definition) is 1. The summed E-state index contributed by atoms with van der Waals surface area (Å²) in [6, 6.07) is 8.63. The number of piperidine rings is 2. The van der Waals surface area contributed by atoms with Gasteiger partial charge in [-0.3, -0.25) is 8.77 Å². The Morgan fingerprint density at radius 1 is 1.21 bits per heavy atom. The minimum absolute atomic E-state index is 0.0727. The maximum absolute atomic E-state index is 12.8. The molecule has 6 heteroatoms. The van der Waals surface area contributed by atoms with Crippen LogP contribution >= 0.6 is 30.3 Å². The van der Waals surface area contributed by atoms with Crippen LogP contribution in [-0.4, -0.2) is 33.4 Å². The summed E-state index contributed by atoms with van der Waals surface area (Å²) in [7, 11) is 1.68. The Morgan fingerprint density at radius 2 is 2.04 bits per heavy atom. The van der Waals surface area contributed by atoms with Crippen LogP contribution < -0.4 is 5.32 Å². The van der Waals surface area contributed by atoms with Gasteiger partial charge in [0.05, 0.1) is 5.52 Å². The van der Waals surface area contributed by atoms with Crippen molar-refractivity contribution >= 4 is 47.1 Å². The molecule has 0 unspecified atom stereocenters. The third-order valence-corrected chi connectivity index (χ3v) is 7.37. The molecule has 1 spiro atoms. The molecule has 2 aromatic rings. The van der Waals surface area contributed by atoms with Crippen LogP contribution in [-0.2, 0) is 11.3 Å². The van der Waals surface area contributed by atoms with Crippen LogP contribution in [0, 0.1) is 0 Å². The average molecular weight is 455 g/mol. The molecule has 2 fully saturated rings. The predicted octanol–water partition coefficient (Wildman–Crippen LogP) is 4.12. The highest BCUT2D eigenvalue weighted by Crippen LogP contribution is 2.38. The first kappa shape index (κ1) is 16.7. The second-order valence-electron chi connectivity index (χ2n) is 6.87. The number of halogens is 1.